The van der Waals surface area contributed by atoms with E-state index in [4.69, 9.17) is 0 Å². The van der Waals surface area contributed by atoms with Crippen LogP contribution in [-0.2, 0) is 11.2 Å². The minimum absolute atomic E-state index is 0.186. The van der Waals surface area contributed by atoms with Crippen molar-refractivity contribution < 1.29 is 4.79 Å². The summed E-state index contributed by atoms with van der Waals surface area (Å²) in [6, 6.07) is 8.39. The highest BCUT2D eigenvalue weighted by molar-refractivity contribution is 5.81. The molecule has 1 fully saturated rings. The Morgan fingerprint density at radius 3 is 2.88 bits per heavy atom. The van der Waals surface area contributed by atoms with Gasteiger partial charge < -0.3 is 5.32 Å². The van der Waals surface area contributed by atoms with Crippen LogP contribution in [0.5, 0.6) is 0 Å². The van der Waals surface area contributed by atoms with Crippen molar-refractivity contribution in [3.63, 3.8) is 0 Å². The fraction of sp³-hybridized carbons (Fsp3) is 0.462. The molecular weight excluding hydrogens is 214 g/mol. The van der Waals surface area contributed by atoms with Gasteiger partial charge in [-0.15, -0.1) is 0 Å². The van der Waals surface area contributed by atoms with Crippen molar-refractivity contribution in [1.29, 1.82) is 0 Å². The summed E-state index contributed by atoms with van der Waals surface area (Å²) in [4.78, 5) is 11.5. The topological polar surface area (TPSA) is 35.6 Å². The van der Waals surface area contributed by atoms with Crippen molar-refractivity contribution >= 4 is 11.6 Å². The summed E-state index contributed by atoms with van der Waals surface area (Å²) in [7, 11) is 3.78. The molecule has 0 bridgehead atoms. The fourth-order valence-corrected chi connectivity index (χ4v) is 2.09. The van der Waals surface area contributed by atoms with Crippen LogP contribution < -0.4 is 10.3 Å². The van der Waals surface area contributed by atoms with Gasteiger partial charge in [-0.25, -0.2) is 0 Å². The number of hydrogen-bond donors (Lipinski definition) is 1. The van der Waals surface area contributed by atoms with E-state index in [1.807, 2.05) is 19.1 Å². The normalized spacial score (nSPS) is 15.8. The molecule has 4 nitrogen and oxygen atoms in total. The lowest BCUT2D eigenvalue weighted by atomic mass is 10.1. The standard InChI is InChI=1S/C13H19N3O/c1-14-8-6-11-4-3-5-12(10-11)16-9-7-13(17)15(16)2/h3-5,10,14H,6-9H2,1-2H3. The Morgan fingerprint density at radius 2 is 2.24 bits per heavy atom. The molecule has 0 atom stereocenters. The Bertz CT molecular complexity index is 405. The van der Waals surface area contributed by atoms with Gasteiger partial charge in [0, 0.05) is 20.0 Å². The molecule has 1 saturated heterocycles. The van der Waals surface area contributed by atoms with Gasteiger partial charge >= 0.3 is 0 Å². The molecule has 1 aromatic rings. The molecule has 4 heteroatoms. The maximum absolute atomic E-state index is 11.5. The molecule has 92 valence electrons. The molecule has 0 aliphatic carbocycles. The highest BCUT2D eigenvalue weighted by atomic mass is 16.2. The van der Waals surface area contributed by atoms with Crippen LogP contribution >= 0.6 is 0 Å². The summed E-state index contributed by atoms with van der Waals surface area (Å²) < 4.78 is 0. The van der Waals surface area contributed by atoms with Gasteiger partial charge in [0.25, 0.3) is 0 Å². The third-order valence-electron chi connectivity index (χ3n) is 3.13. The van der Waals surface area contributed by atoms with Crippen molar-refractivity contribution in [3.05, 3.63) is 29.8 Å². The third kappa shape index (κ3) is 2.58. The van der Waals surface area contributed by atoms with Crippen LogP contribution in [0.25, 0.3) is 0 Å². The number of anilines is 1. The summed E-state index contributed by atoms with van der Waals surface area (Å²) in [6.07, 6.45) is 1.62. The Morgan fingerprint density at radius 1 is 1.41 bits per heavy atom. The second kappa shape index (κ2) is 5.19. The van der Waals surface area contributed by atoms with Gasteiger partial charge in [0.15, 0.2) is 0 Å². The second-order valence-electron chi connectivity index (χ2n) is 4.31. The van der Waals surface area contributed by atoms with E-state index in [1.54, 1.807) is 5.01 Å². The number of rotatable bonds is 4. The van der Waals surface area contributed by atoms with E-state index in [2.05, 4.69) is 29.6 Å². The molecule has 17 heavy (non-hydrogen) atoms. The maximum atomic E-state index is 11.5. The molecule has 1 N–H and O–H groups in total. The Labute approximate surface area is 102 Å². The van der Waals surface area contributed by atoms with Crippen LogP contribution in [0.3, 0.4) is 0 Å². The largest absolute Gasteiger partial charge is 0.319 e. The van der Waals surface area contributed by atoms with E-state index in [0.29, 0.717) is 6.42 Å². The average Bonchev–Trinajstić information content (AvgIpc) is 2.68. The third-order valence-corrected chi connectivity index (χ3v) is 3.13. The Kier molecular flexibility index (Phi) is 3.64. The number of amides is 1. The number of nitrogens with one attached hydrogen (secondary N) is 1. The first-order chi connectivity index (χ1) is 8.22. The van der Waals surface area contributed by atoms with Crippen LogP contribution in [0.4, 0.5) is 5.69 Å². The number of benzene rings is 1. The van der Waals surface area contributed by atoms with Gasteiger partial charge in [-0.05, 0) is 37.7 Å². The first kappa shape index (κ1) is 11.9. The molecule has 0 radical (unpaired) electrons. The van der Waals surface area contributed by atoms with Gasteiger partial charge in [-0.1, -0.05) is 12.1 Å². The summed E-state index contributed by atoms with van der Waals surface area (Å²) in [5.41, 5.74) is 2.40. The molecule has 0 spiro atoms. The smallest absolute Gasteiger partial charge is 0.242 e. The molecule has 0 saturated carbocycles. The van der Waals surface area contributed by atoms with E-state index in [9.17, 15) is 4.79 Å². The summed E-state index contributed by atoms with van der Waals surface area (Å²) >= 11 is 0. The average molecular weight is 233 g/mol. The number of nitrogens with zero attached hydrogens (tertiary/aromatic N) is 2. The summed E-state index contributed by atoms with van der Waals surface area (Å²) in [6.45, 7) is 1.75. The molecule has 1 heterocycles. The molecule has 1 aromatic carbocycles. The van der Waals surface area contributed by atoms with Gasteiger partial charge in [-0.2, -0.15) is 0 Å². The Balaban J connectivity index is 2.13. The van der Waals surface area contributed by atoms with Crippen LogP contribution in [-0.4, -0.2) is 38.1 Å². The first-order valence-corrected chi connectivity index (χ1v) is 6.00. The van der Waals surface area contributed by atoms with Crippen LogP contribution in [0, 0.1) is 0 Å². The van der Waals surface area contributed by atoms with E-state index >= 15 is 0 Å². The van der Waals surface area contributed by atoms with Gasteiger partial charge in [0.2, 0.25) is 5.91 Å². The van der Waals surface area contributed by atoms with Crippen molar-refractivity contribution in [2.24, 2.45) is 0 Å². The zero-order chi connectivity index (χ0) is 12.3. The van der Waals surface area contributed by atoms with Crippen LogP contribution in [0.15, 0.2) is 24.3 Å². The number of likely N-dealkylation sites (N-methyl/N-ethyl adjacent to an activating group) is 1. The summed E-state index contributed by atoms with van der Waals surface area (Å²) in [5, 5.41) is 6.88. The molecule has 0 unspecified atom stereocenters. The maximum Gasteiger partial charge on any atom is 0.242 e. The minimum atomic E-state index is 0.186. The molecule has 2 rings (SSSR count). The monoisotopic (exact) mass is 233 g/mol. The Hall–Kier alpha value is -1.55. The van der Waals surface area contributed by atoms with Crippen molar-refractivity contribution in [1.82, 2.24) is 10.3 Å². The molecule has 1 aliphatic rings. The lowest BCUT2D eigenvalue weighted by Gasteiger charge is -2.26. The molecule has 1 amide bonds. The summed E-state index contributed by atoms with van der Waals surface area (Å²) in [5.74, 6) is 0.186. The van der Waals surface area contributed by atoms with E-state index in [-0.39, 0.29) is 5.91 Å². The quantitative estimate of drug-likeness (QED) is 0.844. The number of carbonyl (C=O) groups excluding carboxylic acids is 1. The zero-order valence-corrected chi connectivity index (χ0v) is 10.4. The predicted molar refractivity (Wildman–Crippen MR) is 68.8 cm³/mol. The highest BCUT2D eigenvalue weighted by Gasteiger charge is 2.25. The fourth-order valence-electron chi connectivity index (χ4n) is 2.09. The van der Waals surface area contributed by atoms with Gasteiger partial charge in [0.1, 0.15) is 0 Å². The van der Waals surface area contributed by atoms with E-state index < -0.39 is 0 Å². The predicted octanol–water partition coefficient (Wildman–Crippen LogP) is 1.03. The lowest BCUT2D eigenvalue weighted by molar-refractivity contribution is -0.126. The molecular formula is C13H19N3O. The van der Waals surface area contributed by atoms with E-state index in [1.165, 1.54) is 5.56 Å². The van der Waals surface area contributed by atoms with Gasteiger partial charge in [0.05, 0.1) is 5.69 Å². The molecule has 0 aromatic heterocycles. The SMILES string of the molecule is CNCCc1cccc(N2CCC(=O)N2C)c1. The van der Waals surface area contributed by atoms with Crippen molar-refractivity contribution in [2.75, 3.05) is 32.2 Å². The van der Waals surface area contributed by atoms with Crippen LogP contribution in [0.1, 0.15) is 12.0 Å². The van der Waals surface area contributed by atoms with Crippen molar-refractivity contribution in [2.45, 2.75) is 12.8 Å². The minimum Gasteiger partial charge on any atom is -0.319 e. The zero-order valence-electron chi connectivity index (χ0n) is 10.4. The van der Waals surface area contributed by atoms with Crippen molar-refractivity contribution in [3.8, 4) is 0 Å². The number of hydrazine groups is 1. The number of carbonyl (C=O) groups is 1. The lowest BCUT2D eigenvalue weighted by Crippen LogP contribution is -2.35. The number of hydrogen-bond acceptors (Lipinski definition) is 3. The van der Waals surface area contributed by atoms with E-state index in [0.717, 1.165) is 25.2 Å². The first-order valence-electron chi connectivity index (χ1n) is 6.00. The second-order valence-corrected chi connectivity index (χ2v) is 4.31. The van der Waals surface area contributed by atoms with Gasteiger partial charge in [-0.3, -0.25) is 14.8 Å². The van der Waals surface area contributed by atoms with Crippen LogP contribution in [0.2, 0.25) is 0 Å². The molecule has 1 aliphatic heterocycles. The highest BCUT2D eigenvalue weighted by Crippen LogP contribution is 2.22.